The van der Waals surface area contributed by atoms with Gasteiger partial charge in [0.1, 0.15) is 0 Å². The fourth-order valence-electron chi connectivity index (χ4n) is 1.81. The smallest absolute Gasteiger partial charge is 0.244 e. The Labute approximate surface area is 96.8 Å². The van der Waals surface area contributed by atoms with Crippen LogP contribution in [0, 0.1) is 0 Å². The van der Waals surface area contributed by atoms with Crippen molar-refractivity contribution in [3.63, 3.8) is 0 Å². The lowest BCUT2D eigenvalue weighted by Crippen LogP contribution is -2.12. The van der Waals surface area contributed by atoms with Crippen LogP contribution in [0.25, 0.3) is 11.6 Å². The van der Waals surface area contributed by atoms with E-state index in [2.05, 4.69) is 15.5 Å². The van der Waals surface area contributed by atoms with E-state index >= 15 is 0 Å². The normalized spacial score (nSPS) is 20.4. The predicted octanol–water partition coefficient (Wildman–Crippen LogP) is 2.41. The molecule has 16 heavy (non-hydrogen) atoms. The van der Waals surface area contributed by atoms with Crippen LogP contribution in [-0.4, -0.2) is 16.7 Å². The van der Waals surface area contributed by atoms with E-state index in [-0.39, 0.29) is 6.04 Å². The second-order valence-corrected chi connectivity index (χ2v) is 4.08. The Kier molecular flexibility index (Phi) is 2.41. The van der Waals surface area contributed by atoms with E-state index in [1.807, 2.05) is 0 Å². The Balaban J connectivity index is 1.87. The molecule has 0 saturated carbocycles. The van der Waals surface area contributed by atoms with Crippen molar-refractivity contribution in [2.75, 3.05) is 6.54 Å². The van der Waals surface area contributed by atoms with Gasteiger partial charge in [0.15, 0.2) is 11.0 Å². The molecule has 2 aromatic heterocycles. The van der Waals surface area contributed by atoms with Crippen LogP contribution in [-0.2, 0) is 0 Å². The van der Waals surface area contributed by atoms with Gasteiger partial charge in [0.25, 0.3) is 0 Å². The summed E-state index contributed by atoms with van der Waals surface area (Å²) in [6, 6.07) is 3.55. The largest absolute Gasteiger partial charge is 0.441 e. The van der Waals surface area contributed by atoms with E-state index in [0.717, 1.165) is 19.4 Å². The Hall–Kier alpha value is -1.33. The molecule has 0 amide bonds. The minimum Gasteiger partial charge on any atom is -0.441 e. The molecule has 0 radical (unpaired) electrons. The molecule has 3 heterocycles. The number of hydrogen-bond donors (Lipinski definition) is 1. The quantitative estimate of drug-likeness (QED) is 0.872. The third-order valence-electron chi connectivity index (χ3n) is 2.59. The van der Waals surface area contributed by atoms with Crippen molar-refractivity contribution in [1.82, 2.24) is 15.5 Å². The lowest BCUT2D eigenvalue weighted by Gasteiger charge is -2.00. The van der Waals surface area contributed by atoms with Crippen molar-refractivity contribution >= 4 is 11.6 Å². The van der Waals surface area contributed by atoms with Crippen molar-refractivity contribution in [2.24, 2.45) is 0 Å². The zero-order chi connectivity index (χ0) is 11.0. The van der Waals surface area contributed by atoms with Gasteiger partial charge in [-0.15, -0.1) is 0 Å². The molecule has 0 aliphatic carbocycles. The Morgan fingerprint density at radius 3 is 3.06 bits per heavy atom. The number of furan rings is 1. The molecule has 1 fully saturated rings. The second-order valence-electron chi connectivity index (χ2n) is 3.71. The van der Waals surface area contributed by atoms with Crippen LogP contribution in [0.15, 0.2) is 21.1 Å². The minimum absolute atomic E-state index is 0.173. The Bertz CT molecular complexity index is 488. The predicted molar refractivity (Wildman–Crippen MR) is 57.0 cm³/mol. The molecule has 6 heteroatoms. The van der Waals surface area contributed by atoms with Gasteiger partial charge in [-0.25, -0.2) is 0 Å². The monoisotopic (exact) mass is 239 g/mol. The van der Waals surface area contributed by atoms with Gasteiger partial charge in [-0.2, -0.15) is 4.98 Å². The number of halogens is 1. The van der Waals surface area contributed by atoms with Gasteiger partial charge >= 0.3 is 0 Å². The topological polar surface area (TPSA) is 64.1 Å². The lowest BCUT2D eigenvalue weighted by molar-refractivity contribution is 0.344. The van der Waals surface area contributed by atoms with Crippen LogP contribution in [0.4, 0.5) is 0 Å². The molecule has 1 aliphatic rings. The maximum Gasteiger partial charge on any atom is 0.244 e. The van der Waals surface area contributed by atoms with Crippen molar-refractivity contribution in [1.29, 1.82) is 0 Å². The van der Waals surface area contributed by atoms with E-state index in [1.165, 1.54) is 0 Å². The lowest BCUT2D eigenvalue weighted by atomic mass is 10.2. The summed E-state index contributed by atoms with van der Waals surface area (Å²) >= 11 is 5.68. The van der Waals surface area contributed by atoms with Gasteiger partial charge in [0, 0.05) is 0 Å². The molecular formula is C10H10ClN3O2. The summed E-state index contributed by atoms with van der Waals surface area (Å²) in [5.41, 5.74) is 0. The molecule has 3 rings (SSSR count). The highest BCUT2D eigenvalue weighted by atomic mass is 35.5. The van der Waals surface area contributed by atoms with Gasteiger partial charge in [-0.05, 0) is 43.1 Å². The summed E-state index contributed by atoms with van der Waals surface area (Å²) < 4.78 is 10.4. The first-order valence-corrected chi connectivity index (χ1v) is 5.53. The SMILES string of the molecule is Clc1ccc(-c2noc(C3CCCN3)n2)o1. The third kappa shape index (κ3) is 1.72. The molecule has 1 unspecified atom stereocenters. The van der Waals surface area contributed by atoms with E-state index in [0.29, 0.717) is 22.7 Å². The van der Waals surface area contributed by atoms with Crippen molar-refractivity contribution in [2.45, 2.75) is 18.9 Å². The number of nitrogens with one attached hydrogen (secondary N) is 1. The molecule has 5 nitrogen and oxygen atoms in total. The number of hydrogen-bond acceptors (Lipinski definition) is 5. The molecule has 84 valence electrons. The van der Waals surface area contributed by atoms with E-state index in [4.69, 9.17) is 20.5 Å². The van der Waals surface area contributed by atoms with Crippen LogP contribution in [0.2, 0.25) is 5.22 Å². The first-order valence-electron chi connectivity index (χ1n) is 5.15. The minimum atomic E-state index is 0.173. The van der Waals surface area contributed by atoms with Crippen LogP contribution >= 0.6 is 11.6 Å². The number of aromatic nitrogens is 2. The summed E-state index contributed by atoms with van der Waals surface area (Å²) in [5.74, 6) is 1.58. The summed E-state index contributed by atoms with van der Waals surface area (Å²) in [6.07, 6.45) is 2.16. The average Bonchev–Trinajstić information content (AvgIpc) is 2.97. The average molecular weight is 240 g/mol. The van der Waals surface area contributed by atoms with Crippen LogP contribution < -0.4 is 5.32 Å². The van der Waals surface area contributed by atoms with Gasteiger partial charge < -0.3 is 14.3 Å². The molecule has 0 aromatic carbocycles. The Morgan fingerprint density at radius 2 is 2.38 bits per heavy atom. The first kappa shape index (κ1) is 9.86. The molecule has 0 spiro atoms. The van der Waals surface area contributed by atoms with Gasteiger partial charge in [-0.3, -0.25) is 0 Å². The summed E-state index contributed by atoms with van der Waals surface area (Å²) in [4.78, 5) is 4.28. The highest BCUT2D eigenvalue weighted by molar-refractivity contribution is 6.28. The molecule has 1 N–H and O–H groups in total. The third-order valence-corrected chi connectivity index (χ3v) is 2.80. The van der Waals surface area contributed by atoms with E-state index in [9.17, 15) is 0 Å². The molecule has 2 aromatic rings. The van der Waals surface area contributed by atoms with Gasteiger partial charge in [-0.1, -0.05) is 5.16 Å². The number of nitrogens with zero attached hydrogens (tertiary/aromatic N) is 2. The van der Waals surface area contributed by atoms with Crippen LogP contribution in [0.1, 0.15) is 24.8 Å². The fraction of sp³-hybridized carbons (Fsp3) is 0.400. The highest BCUT2D eigenvalue weighted by Gasteiger charge is 2.23. The second kappa shape index (κ2) is 3.92. The summed E-state index contributed by atoms with van der Waals surface area (Å²) in [7, 11) is 0. The molecule has 1 atom stereocenters. The van der Waals surface area contributed by atoms with Crippen LogP contribution in [0.5, 0.6) is 0 Å². The highest BCUT2D eigenvalue weighted by Crippen LogP contribution is 2.26. The summed E-state index contributed by atoms with van der Waals surface area (Å²) in [6.45, 7) is 0.995. The molecule has 1 aliphatic heterocycles. The molecule has 1 saturated heterocycles. The van der Waals surface area contributed by atoms with E-state index < -0.39 is 0 Å². The maximum atomic E-state index is 5.68. The molecular weight excluding hydrogens is 230 g/mol. The first-order chi connectivity index (χ1) is 7.83. The summed E-state index contributed by atoms with van der Waals surface area (Å²) in [5, 5.41) is 7.48. The van der Waals surface area contributed by atoms with Crippen molar-refractivity contribution in [3.05, 3.63) is 23.2 Å². The number of rotatable bonds is 2. The van der Waals surface area contributed by atoms with Gasteiger partial charge in [0.2, 0.25) is 11.7 Å². The molecule has 0 bridgehead atoms. The standard InChI is InChI=1S/C10H10ClN3O2/c11-8-4-3-7(15-8)9-13-10(16-14-9)6-2-1-5-12-6/h3-4,6,12H,1-2,5H2. The Morgan fingerprint density at radius 1 is 1.44 bits per heavy atom. The maximum absolute atomic E-state index is 5.68. The zero-order valence-electron chi connectivity index (χ0n) is 8.44. The van der Waals surface area contributed by atoms with Crippen LogP contribution in [0.3, 0.4) is 0 Å². The zero-order valence-corrected chi connectivity index (χ0v) is 9.20. The van der Waals surface area contributed by atoms with E-state index in [1.54, 1.807) is 12.1 Å². The van der Waals surface area contributed by atoms with Crippen molar-refractivity contribution in [3.8, 4) is 11.6 Å². The van der Waals surface area contributed by atoms with Gasteiger partial charge in [0.05, 0.1) is 6.04 Å². The van der Waals surface area contributed by atoms with Crippen molar-refractivity contribution < 1.29 is 8.94 Å². The fourth-order valence-corrected chi connectivity index (χ4v) is 1.95.